The summed E-state index contributed by atoms with van der Waals surface area (Å²) in [6.45, 7) is 6.53. The van der Waals surface area contributed by atoms with Crippen molar-refractivity contribution < 1.29 is 4.79 Å². The Kier molecular flexibility index (Phi) is 6.25. The van der Waals surface area contributed by atoms with Crippen molar-refractivity contribution in [1.82, 2.24) is 14.5 Å². The highest BCUT2D eigenvalue weighted by molar-refractivity contribution is 5.81. The van der Waals surface area contributed by atoms with Crippen LogP contribution in [0.3, 0.4) is 0 Å². The summed E-state index contributed by atoms with van der Waals surface area (Å²) >= 11 is 0. The predicted octanol–water partition coefficient (Wildman–Crippen LogP) is 5.89. The molecule has 5 rings (SSSR count). The van der Waals surface area contributed by atoms with Gasteiger partial charge in [0, 0.05) is 12.5 Å². The third kappa shape index (κ3) is 4.39. The van der Waals surface area contributed by atoms with E-state index in [2.05, 4.69) is 6.07 Å². The second kappa shape index (κ2) is 9.49. The van der Waals surface area contributed by atoms with E-state index in [0.717, 1.165) is 41.6 Å². The lowest BCUT2D eigenvalue weighted by atomic mass is 9.84. The minimum atomic E-state index is -0.388. The fourth-order valence-corrected chi connectivity index (χ4v) is 4.93. The Hall–Kier alpha value is -3.73. The molecule has 178 valence electrons. The number of benzene rings is 3. The Morgan fingerprint density at radius 1 is 1.03 bits per heavy atom. The van der Waals surface area contributed by atoms with Gasteiger partial charge in [0.1, 0.15) is 5.82 Å². The molecule has 35 heavy (non-hydrogen) atoms. The van der Waals surface area contributed by atoms with E-state index in [4.69, 9.17) is 4.98 Å². The Balaban J connectivity index is 1.69. The van der Waals surface area contributed by atoms with Gasteiger partial charge in [0.2, 0.25) is 5.91 Å². The van der Waals surface area contributed by atoms with E-state index in [1.54, 1.807) is 4.57 Å². The Bertz CT molecular complexity index is 1440. The van der Waals surface area contributed by atoms with E-state index in [9.17, 15) is 9.59 Å². The molecule has 1 saturated carbocycles. The van der Waals surface area contributed by atoms with Crippen LogP contribution in [0.15, 0.2) is 77.6 Å². The first-order valence-electron chi connectivity index (χ1n) is 12.4. The zero-order chi connectivity index (χ0) is 24.5. The molecule has 0 N–H and O–H groups in total. The maximum atomic E-state index is 13.9. The fraction of sp³-hybridized carbons (Fsp3) is 0.300. The van der Waals surface area contributed by atoms with E-state index in [1.165, 1.54) is 0 Å². The van der Waals surface area contributed by atoms with Crippen LogP contribution in [0.4, 0.5) is 0 Å². The second-order valence-corrected chi connectivity index (χ2v) is 9.67. The minimum absolute atomic E-state index is 0.0444. The molecule has 0 saturated heterocycles. The molecule has 5 heteroatoms. The summed E-state index contributed by atoms with van der Waals surface area (Å²) in [6, 6.07) is 23.2. The van der Waals surface area contributed by atoms with Crippen molar-refractivity contribution >= 4 is 16.8 Å². The first-order valence-corrected chi connectivity index (χ1v) is 12.4. The van der Waals surface area contributed by atoms with Gasteiger partial charge in [-0.05, 0) is 62.9 Å². The molecule has 1 atom stereocenters. The van der Waals surface area contributed by atoms with E-state index in [1.807, 2.05) is 92.4 Å². The molecule has 1 aromatic heterocycles. The number of carbonyl (C=O) groups excluding carboxylic acids is 1. The molecule has 1 amide bonds. The van der Waals surface area contributed by atoms with Crippen LogP contribution < -0.4 is 5.56 Å². The molecule has 3 aromatic carbocycles. The van der Waals surface area contributed by atoms with Crippen molar-refractivity contribution in [1.29, 1.82) is 0 Å². The maximum absolute atomic E-state index is 13.9. The lowest BCUT2D eigenvalue weighted by molar-refractivity contribution is -0.141. The smallest absolute Gasteiger partial charge is 0.266 e. The van der Waals surface area contributed by atoms with E-state index >= 15 is 0 Å². The van der Waals surface area contributed by atoms with E-state index in [-0.39, 0.29) is 23.4 Å². The predicted molar refractivity (Wildman–Crippen MR) is 140 cm³/mol. The minimum Gasteiger partial charge on any atom is -0.328 e. The summed E-state index contributed by atoms with van der Waals surface area (Å²) < 4.78 is 1.72. The van der Waals surface area contributed by atoms with Crippen LogP contribution in [0.1, 0.15) is 54.7 Å². The van der Waals surface area contributed by atoms with Crippen molar-refractivity contribution in [3.63, 3.8) is 0 Å². The molecule has 0 aliphatic heterocycles. The topological polar surface area (TPSA) is 55.2 Å². The summed E-state index contributed by atoms with van der Waals surface area (Å²) in [7, 11) is 0. The molecule has 1 fully saturated rings. The molecule has 0 radical (unpaired) electrons. The van der Waals surface area contributed by atoms with Crippen LogP contribution in [0, 0.1) is 19.8 Å². The number of carbonyl (C=O) groups is 1. The normalized spacial score (nSPS) is 14.5. The zero-order valence-electron chi connectivity index (χ0n) is 20.6. The Morgan fingerprint density at radius 2 is 1.74 bits per heavy atom. The SMILES string of the molecule is Cc1ccc(-n2c(C(C)N(Cc3ccccc3)C(=O)C3CCC3)nc3ccccc3c2=O)c(C)c1. The summed E-state index contributed by atoms with van der Waals surface area (Å²) in [6.07, 6.45) is 2.93. The number of para-hydroxylation sites is 1. The van der Waals surface area contributed by atoms with Crippen LogP contribution >= 0.6 is 0 Å². The molecule has 0 spiro atoms. The van der Waals surface area contributed by atoms with Gasteiger partial charge >= 0.3 is 0 Å². The van der Waals surface area contributed by atoms with Crippen molar-refractivity contribution in [3.8, 4) is 5.69 Å². The number of rotatable bonds is 6. The Morgan fingerprint density at radius 3 is 2.43 bits per heavy atom. The van der Waals surface area contributed by atoms with Gasteiger partial charge in [-0.3, -0.25) is 14.2 Å². The molecule has 1 heterocycles. The fourth-order valence-electron chi connectivity index (χ4n) is 4.93. The number of hydrogen-bond donors (Lipinski definition) is 0. The van der Waals surface area contributed by atoms with Crippen molar-refractivity contribution in [3.05, 3.63) is 106 Å². The van der Waals surface area contributed by atoms with Gasteiger partial charge < -0.3 is 4.90 Å². The van der Waals surface area contributed by atoms with Crippen LogP contribution in [0.2, 0.25) is 0 Å². The lowest BCUT2D eigenvalue weighted by Gasteiger charge is -2.36. The molecule has 4 aromatic rings. The highest BCUT2D eigenvalue weighted by Crippen LogP contribution is 2.33. The van der Waals surface area contributed by atoms with Gasteiger partial charge in [-0.2, -0.15) is 0 Å². The highest BCUT2D eigenvalue weighted by atomic mass is 16.2. The van der Waals surface area contributed by atoms with E-state index < -0.39 is 0 Å². The first-order chi connectivity index (χ1) is 16.9. The van der Waals surface area contributed by atoms with Gasteiger partial charge in [-0.1, -0.05) is 66.6 Å². The van der Waals surface area contributed by atoms with Crippen molar-refractivity contribution in [2.45, 2.75) is 52.6 Å². The summed E-state index contributed by atoms with van der Waals surface area (Å²) in [5.74, 6) is 0.773. The number of amides is 1. The van der Waals surface area contributed by atoms with Crippen LogP contribution in [0.5, 0.6) is 0 Å². The zero-order valence-corrected chi connectivity index (χ0v) is 20.6. The van der Waals surface area contributed by atoms with Crippen LogP contribution in [0.25, 0.3) is 16.6 Å². The third-order valence-electron chi connectivity index (χ3n) is 7.17. The average Bonchev–Trinajstić information content (AvgIpc) is 2.82. The summed E-state index contributed by atoms with van der Waals surface area (Å²) in [4.78, 5) is 34.4. The standard InChI is InChI=1S/C30H31N3O2/c1-20-16-17-27(21(2)18-20)33-28(31-26-15-8-7-14-25(26)30(33)35)22(3)32(29(34)24-12-9-13-24)19-23-10-5-4-6-11-23/h4-8,10-11,14-18,22,24H,9,12-13,19H2,1-3H3. The van der Waals surface area contributed by atoms with Gasteiger partial charge in [0.05, 0.1) is 22.6 Å². The van der Waals surface area contributed by atoms with Crippen molar-refractivity contribution in [2.24, 2.45) is 5.92 Å². The number of hydrogen-bond acceptors (Lipinski definition) is 3. The van der Waals surface area contributed by atoms with Gasteiger partial charge in [0.15, 0.2) is 0 Å². The summed E-state index contributed by atoms with van der Waals surface area (Å²) in [5.41, 5.74) is 4.53. The monoisotopic (exact) mass is 465 g/mol. The molecule has 1 aliphatic rings. The maximum Gasteiger partial charge on any atom is 0.266 e. The van der Waals surface area contributed by atoms with Crippen molar-refractivity contribution in [2.75, 3.05) is 0 Å². The quantitative estimate of drug-likeness (QED) is 0.357. The van der Waals surface area contributed by atoms with Gasteiger partial charge in [-0.25, -0.2) is 4.98 Å². The first kappa shape index (κ1) is 23.0. The van der Waals surface area contributed by atoms with Gasteiger partial charge in [0.25, 0.3) is 5.56 Å². The number of aromatic nitrogens is 2. The Labute approximate surface area is 206 Å². The van der Waals surface area contributed by atoms with Crippen LogP contribution in [-0.2, 0) is 11.3 Å². The second-order valence-electron chi connectivity index (χ2n) is 9.67. The molecule has 1 aliphatic carbocycles. The molecule has 0 bridgehead atoms. The third-order valence-corrected chi connectivity index (χ3v) is 7.17. The molecular weight excluding hydrogens is 434 g/mol. The highest BCUT2D eigenvalue weighted by Gasteiger charge is 2.34. The number of aryl methyl sites for hydroxylation is 2. The molecule has 1 unspecified atom stereocenters. The summed E-state index contributed by atoms with van der Waals surface area (Å²) in [5, 5.41) is 0.573. The average molecular weight is 466 g/mol. The van der Waals surface area contributed by atoms with Gasteiger partial charge in [-0.15, -0.1) is 0 Å². The number of fused-ring (bicyclic) bond motifs is 1. The van der Waals surface area contributed by atoms with Crippen LogP contribution in [-0.4, -0.2) is 20.4 Å². The molecule has 5 nitrogen and oxygen atoms in total. The molecular formula is C30H31N3O2. The van der Waals surface area contributed by atoms with E-state index in [0.29, 0.717) is 23.3 Å². The lowest BCUT2D eigenvalue weighted by Crippen LogP contribution is -2.42. The number of nitrogens with zero attached hydrogens (tertiary/aromatic N) is 3. The largest absolute Gasteiger partial charge is 0.328 e.